The van der Waals surface area contributed by atoms with Crippen molar-refractivity contribution in [3.63, 3.8) is 0 Å². The Morgan fingerprint density at radius 3 is 2.81 bits per heavy atom. The molecule has 1 aliphatic heterocycles. The van der Waals surface area contributed by atoms with Gasteiger partial charge in [0.05, 0.1) is 17.4 Å². The van der Waals surface area contributed by atoms with Crippen LogP contribution in [-0.2, 0) is 0 Å². The molecule has 0 spiro atoms. The van der Waals surface area contributed by atoms with Gasteiger partial charge in [0.1, 0.15) is 16.8 Å². The Labute approximate surface area is 180 Å². The van der Waals surface area contributed by atoms with E-state index in [1.165, 1.54) is 0 Å². The van der Waals surface area contributed by atoms with Crippen LogP contribution < -0.4 is 10.2 Å². The van der Waals surface area contributed by atoms with Crippen molar-refractivity contribution < 1.29 is 9.52 Å². The number of oxazole rings is 1. The first-order chi connectivity index (χ1) is 14.9. The topological polar surface area (TPSA) is 100 Å². The van der Waals surface area contributed by atoms with E-state index in [2.05, 4.69) is 34.0 Å². The van der Waals surface area contributed by atoms with Gasteiger partial charge in [0, 0.05) is 43.2 Å². The summed E-state index contributed by atoms with van der Waals surface area (Å²) < 4.78 is 5.67. The van der Waals surface area contributed by atoms with Gasteiger partial charge in [0.2, 0.25) is 5.95 Å². The second-order valence-electron chi connectivity index (χ2n) is 8.50. The maximum Gasteiger partial charge on any atom is 0.226 e. The minimum Gasteiger partial charge on any atom is -0.507 e. The molecule has 0 bridgehead atoms. The van der Waals surface area contributed by atoms with Gasteiger partial charge in [-0.3, -0.25) is 0 Å². The minimum atomic E-state index is 0.158. The monoisotopic (exact) mass is 418 g/mol. The Morgan fingerprint density at radius 2 is 2.00 bits per heavy atom. The predicted molar refractivity (Wildman–Crippen MR) is 120 cm³/mol. The zero-order valence-electron chi connectivity index (χ0n) is 18.2. The number of phenols is 1. The van der Waals surface area contributed by atoms with Gasteiger partial charge in [0.15, 0.2) is 11.5 Å². The third kappa shape index (κ3) is 3.57. The van der Waals surface area contributed by atoms with Gasteiger partial charge in [-0.2, -0.15) is 0 Å². The van der Waals surface area contributed by atoms with Crippen molar-refractivity contribution in [1.29, 1.82) is 0 Å². The number of phenolic OH excluding ortho intramolecular Hbond substituents is 1. The molecule has 0 aliphatic carbocycles. The number of aromatic hydroxyl groups is 1. The molecule has 4 aromatic rings. The fraction of sp³-hybridized carbons (Fsp3) is 0.391. The second kappa shape index (κ2) is 7.46. The highest BCUT2D eigenvalue weighted by molar-refractivity contribution is 5.89. The molecule has 8 heteroatoms. The first kappa shape index (κ1) is 19.7. The second-order valence-corrected chi connectivity index (χ2v) is 8.50. The standard InChI is InChI=1S/C23H26N6O2/c1-12(2)25-15-7-8-29(11-15)23-24-10-19-18(28-23)6-5-17(27-19)16-9-20-21(13(3)22(16)30)26-14(4)31-20/h5-6,9-10,12,15,25,30H,7-8,11H2,1-4H3/t15-/m1/s1. The third-order valence-electron chi connectivity index (χ3n) is 5.74. The molecule has 5 rings (SSSR count). The number of benzene rings is 1. The molecular formula is C23H26N6O2. The van der Waals surface area contributed by atoms with Crippen LogP contribution in [0.15, 0.2) is 28.8 Å². The van der Waals surface area contributed by atoms with Crippen LogP contribution in [0.5, 0.6) is 5.75 Å². The largest absolute Gasteiger partial charge is 0.507 e. The van der Waals surface area contributed by atoms with Crippen molar-refractivity contribution >= 4 is 28.1 Å². The van der Waals surface area contributed by atoms with Gasteiger partial charge in [-0.15, -0.1) is 0 Å². The highest BCUT2D eigenvalue weighted by Gasteiger charge is 2.25. The molecule has 0 amide bonds. The van der Waals surface area contributed by atoms with Gasteiger partial charge in [-0.05, 0) is 31.5 Å². The molecule has 8 nitrogen and oxygen atoms in total. The average molecular weight is 419 g/mol. The Kier molecular flexibility index (Phi) is 4.74. The predicted octanol–water partition coefficient (Wildman–Crippen LogP) is 3.73. The number of nitrogens with zero attached hydrogens (tertiary/aromatic N) is 5. The van der Waals surface area contributed by atoms with E-state index in [4.69, 9.17) is 14.4 Å². The molecule has 2 N–H and O–H groups in total. The molecule has 3 aromatic heterocycles. The maximum atomic E-state index is 10.7. The van der Waals surface area contributed by atoms with Gasteiger partial charge >= 0.3 is 0 Å². The Hall–Kier alpha value is -3.26. The van der Waals surface area contributed by atoms with Gasteiger partial charge in [0.25, 0.3) is 0 Å². The Bertz CT molecular complexity index is 1280. The Balaban J connectivity index is 1.47. The molecule has 1 aliphatic rings. The molecular weight excluding hydrogens is 392 g/mol. The summed E-state index contributed by atoms with van der Waals surface area (Å²) in [7, 11) is 0. The van der Waals surface area contributed by atoms with E-state index in [9.17, 15) is 5.11 Å². The van der Waals surface area contributed by atoms with Crippen molar-refractivity contribution in [1.82, 2.24) is 25.3 Å². The molecule has 1 saturated heterocycles. The fourth-order valence-electron chi connectivity index (χ4n) is 4.28. The number of rotatable bonds is 4. The number of anilines is 1. The summed E-state index contributed by atoms with van der Waals surface area (Å²) in [5.41, 5.74) is 4.69. The van der Waals surface area contributed by atoms with Gasteiger partial charge in [-0.1, -0.05) is 13.8 Å². The zero-order valence-corrected chi connectivity index (χ0v) is 18.2. The van der Waals surface area contributed by atoms with Gasteiger partial charge in [-0.25, -0.2) is 19.9 Å². The van der Waals surface area contributed by atoms with Crippen LogP contribution >= 0.6 is 0 Å². The van der Waals surface area contributed by atoms with Crippen molar-refractivity contribution in [2.75, 3.05) is 18.0 Å². The summed E-state index contributed by atoms with van der Waals surface area (Å²) in [6, 6.07) is 6.50. The van der Waals surface area contributed by atoms with E-state index in [0.29, 0.717) is 51.4 Å². The quantitative estimate of drug-likeness (QED) is 0.517. The van der Waals surface area contributed by atoms with E-state index in [-0.39, 0.29) is 5.75 Å². The molecule has 4 heterocycles. The number of hydrogen-bond donors (Lipinski definition) is 2. The molecule has 160 valence electrons. The van der Waals surface area contributed by atoms with Crippen molar-refractivity contribution in [2.45, 2.75) is 46.2 Å². The van der Waals surface area contributed by atoms with Crippen molar-refractivity contribution in [2.24, 2.45) is 0 Å². The lowest BCUT2D eigenvalue weighted by Gasteiger charge is -2.18. The van der Waals surface area contributed by atoms with Crippen LogP contribution in [0.25, 0.3) is 33.4 Å². The molecule has 0 saturated carbocycles. The number of aryl methyl sites for hydroxylation is 2. The SMILES string of the molecule is Cc1nc2c(C)c(O)c(-c3ccc4nc(N5CC[C@@H](NC(C)C)C5)ncc4n3)cc2o1. The van der Waals surface area contributed by atoms with E-state index in [1.807, 2.05) is 19.1 Å². The van der Waals surface area contributed by atoms with E-state index >= 15 is 0 Å². The zero-order chi connectivity index (χ0) is 21.7. The van der Waals surface area contributed by atoms with Crippen molar-refractivity contribution in [3.05, 3.63) is 35.9 Å². The maximum absolute atomic E-state index is 10.7. The minimum absolute atomic E-state index is 0.158. The normalized spacial score (nSPS) is 16.8. The van der Waals surface area contributed by atoms with Crippen LogP contribution in [0.3, 0.4) is 0 Å². The molecule has 1 aromatic carbocycles. The molecule has 31 heavy (non-hydrogen) atoms. The number of aromatic nitrogens is 4. The lowest BCUT2D eigenvalue weighted by atomic mass is 10.0. The van der Waals surface area contributed by atoms with Gasteiger partial charge < -0.3 is 19.7 Å². The van der Waals surface area contributed by atoms with E-state index in [1.54, 1.807) is 19.2 Å². The highest BCUT2D eigenvalue weighted by Crippen LogP contribution is 2.37. The fourth-order valence-corrected chi connectivity index (χ4v) is 4.28. The molecule has 0 unspecified atom stereocenters. The lowest BCUT2D eigenvalue weighted by Crippen LogP contribution is -2.37. The van der Waals surface area contributed by atoms with Crippen molar-refractivity contribution in [3.8, 4) is 17.0 Å². The summed E-state index contributed by atoms with van der Waals surface area (Å²) >= 11 is 0. The Morgan fingerprint density at radius 1 is 1.16 bits per heavy atom. The summed E-state index contributed by atoms with van der Waals surface area (Å²) in [4.78, 5) is 20.6. The van der Waals surface area contributed by atoms with E-state index < -0.39 is 0 Å². The number of fused-ring (bicyclic) bond motifs is 2. The number of nitrogens with one attached hydrogen (secondary N) is 1. The average Bonchev–Trinajstić information content (AvgIpc) is 3.35. The van der Waals surface area contributed by atoms with Crippen LogP contribution in [0, 0.1) is 13.8 Å². The summed E-state index contributed by atoms with van der Waals surface area (Å²) in [5, 5.41) is 14.3. The summed E-state index contributed by atoms with van der Waals surface area (Å²) in [6.07, 6.45) is 2.84. The summed E-state index contributed by atoms with van der Waals surface area (Å²) in [5.74, 6) is 1.45. The molecule has 0 radical (unpaired) electrons. The highest BCUT2D eigenvalue weighted by atomic mass is 16.3. The molecule has 1 fully saturated rings. The van der Waals surface area contributed by atoms with E-state index in [0.717, 1.165) is 31.0 Å². The van der Waals surface area contributed by atoms with Crippen LogP contribution in [-0.4, -0.2) is 50.2 Å². The lowest BCUT2D eigenvalue weighted by molar-refractivity contribution is 0.473. The first-order valence-electron chi connectivity index (χ1n) is 10.6. The number of hydrogen-bond acceptors (Lipinski definition) is 8. The summed E-state index contributed by atoms with van der Waals surface area (Å²) in [6.45, 7) is 9.79. The first-order valence-corrected chi connectivity index (χ1v) is 10.6. The van der Waals surface area contributed by atoms with Crippen LogP contribution in [0.4, 0.5) is 5.95 Å². The number of pyridine rings is 1. The molecule has 1 atom stereocenters. The van der Waals surface area contributed by atoms with Crippen LogP contribution in [0.2, 0.25) is 0 Å². The third-order valence-corrected chi connectivity index (χ3v) is 5.74. The van der Waals surface area contributed by atoms with Crippen LogP contribution in [0.1, 0.15) is 31.7 Å². The smallest absolute Gasteiger partial charge is 0.226 e.